The maximum atomic E-state index is 14.8. The molecule has 0 heterocycles. The van der Waals surface area contributed by atoms with Gasteiger partial charge >= 0.3 is 0 Å². The minimum absolute atomic E-state index is 0.162. The maximum absolute atomic E-state index is 14.8. The first-order valence-corrected chi connectivity index (χ1v) is 8.11. The van der Waals surface area contributed by atoms with Gasteiger partial charge in [-0.2, -0.15) is 0 Å². The predicted molar refractivity (Wildman–Crippen MR) is 97.3 cm³/mol. The smallest absolute Gasteiger partial charge is 0.271 e. The Morgan fingerprint density at radius 2 is 1.86 bits per heavy atom. The molecule has 0 aliphatic rings. The summed E-state index contributed by atoms with van der Waals surface area (Å²) in [5.74, 6) is -4.46. The van der Waals surface area contributed by atoms with Crippen LogP contribution in [0.15, 0.2) is 40.6 Å². The van der Waals surface area contributed by atoms with Crippen LogP contribution in [0.25, 0.3) is 0 Å². The Kier molecular flexibility index (Phi) is 6.75. The molecule has 6 nitrogen and oxygen atoms in total. The van der Waals surface area contributed by atoms with E-state index in [0.717, 1.165) is 6.92 Å². The summed E-state index contributed by atoms with van der Waals surface area (Å²) >= 11 is 0. The van der Waals surface area contributed by atoms with Crippen LogP contribution in [-0.4, -0.2) is 24.9 Å². The van der Waals surface area contributed by atoms with E-state index in [1.54, 1.807) is 19.1 Å². The van der Waals surface area contributed by atoms with Gasteiger partial charge in [0.15, 0.2) is 23.5 Å². The van der Waals surface area contributed by atoms with Crippen LogP contribution < -0.4 is 5.73 Å². The fourth-order valence-electron chi connectivity index (χ4n) is 2.61. The minimum Gasteiger partial charge on any atom is -0.398 e. The standard InChI is InChI=1S/C19H18F3N3O3/c1-4-24-28-18(13-9-14(20)16(22)10(2)15(13)21)12-8-6-5-7-11(12)17(19(23)26)25-27-3/h4-9,18H,1-3H3,(H2,23,26). The highest BCUT2D eigenvalue weighted by atomic mass is 19.2. The van der Waals surface area contributed by atoms with Crippen molar-refractivity contribution in [2.24, 2.45) is 16.0 Å². The van der Waals surface area contributed by atoms with Gasteiger partial charge in [-0.1, -0.05) is 34.6 Å². The Hall–Kier alpha value is -3.36. The molecular weight excluding hydrogens is 375 g/mol. The van der Waals surface area contributed by atoms with Gasteiger partial charge < -0.3 is 15.4 Å². The van der Waals surface area contributed by atoms with E-state index in [4.69, 9.17) is 10.6 Å². The Morgan fingerprint density at radius 1 is 1.18 bits per heavy atom. The summed E-state index contributed by atoms with van der Waals surface area (Å²) in [6, 6.07) is 6.83. The van der Waals surface area contributed by atoms with E-state index >= 15 is 0 Å². The Bertz CT molecular complexity index is 946. The molecular formula is C19H18F3N3O3. The van der Waals surface area contributed by atoms with Gasteiger partial charge in [-0.15, -0.1) is 0 Å². The van der Waals surface area contributed by atoms with Crippen molar-refractivity contribution in [3.8, 4) is 0 Å². The highest BCUT2D eigenvalue weighted by Crippen LogP contribution is 2.33. The van der Waals surface area contributed by atoms with Gasteiger partial charge in [0.25, 0.3) is 5.91 Å². The van der Waals surface area contributed by atoms with Crippen LogP contribution in [0, 0.1) is 24.4 Å². The zero-order chi connectivity index (χ0) is 20.8. The number of rotatable bonds is 7. The van der Waals surface area contributed by atoms with Gasteiger partial charge in [-0.05, 0) is 19.9 Å². The summed E-state index contributed by atoms with van der Waals surface area (Å²) in [5.41, 5.74) is 4.64. The van der Waals surface area contributed by atoms with Crippen LogP contribution in [0.2, 0.25) is 0 Å². The average molecular weight is 393 g/mol. The molecule has 0 aliphatic carbocycles. The van der Waals surface area contributed by atoms with E-state index in [-0.39, 0.29) is 22.4 Å². The van der Waals surface area contributed by atoms with Crippen LogP contribution in [0.4, 0.5) is 13.2 Å². The van der Waals surface area contributed by atoms with Crippen molar-refractivity contribution in [2.45, 2.75) is 20.0 Å². The van der Waals surface area contributed by atoms with Crippen molar-refractivity contribution >= 4 is 17.8 Å². The summed E-state index contributed by atoms with van der Waals surface area (Å²) in [7, 11) is 1.22. The first-order chi connectivity index (χ1) is 13.3. The highest BCUT2D eigenvalue weighted by molar-refractivity contribution is 6.45. The fraction of sp³-hybridized carbons (Fsp3) is 0.211. The lowest BCUT2D eigenvalue weighted by molar-refractivity contribution is -0.112. The molecule has 148 valence electrons. The number of carbonyl (C=O) groups is 1. The van der Waals surface area contributed by atoms with E-state index in [9.17, 15) is 18.0 Å². The molecule has 1 amide bonds. The van der Waals surface area contributed by atoms with E-state index < -0.39 is 35.0 Å². The molecule has 0 radical (unpaired) electrons. The number of carbonyl (C=O) groups excluding carboxylic acids is 1. The molecule has 0 saturated carbocycles. The molecule has 28 heavy (non-hydrogen) atoms. The molecule has 2 rings (SSSR count). The number of primary amides is 1. The first kappa shape index (κ1) is 20.9. The van der Waals surface area contributed by atoms with Gasteiger partial charge in [0.1, 0.15) is 12.9 Å². The van der Waals surface area contributed by atoms with Crippen LogP contribution in [0.1, 0.15) is 35.3 Å². The quantitative estimate of drug-likeness (QED) is 0.445. The lowest BCUT2D eigenvalue weighted by Crippen LogP contribution is -2.26. The third-order valence-corrected chi connectivity index (χ3v) is 3.87. The van der Waals surface area contributed by atoms with Gasteiger partial charge in [0.05, 0.1) is 0 Å². The fourth-order valence-corrected chi connectivity index (χ4v) is 2.61. The zero-order valence-electron chi connectivity index (χ0n) is 15.4. The molecule has 2 aromatic rings. The highest BCUT2D eigenvalue weighted by Gasteiger charge is 2.29. The minimum atomic E-state index is -1.32. The summed E-state index contributed by atoms with van der Waals surface area (Å²) in [4.78, 5) is 21.8. The number of amides is 1. The van der Waals surface area contributed by atoms with Crippen molar-refractivity contribution in [3.63, 3.8) is 0 Å². The molecule has 0 spiro atoms. The first-order valence-electron chi connectivity index (χ1n) is 8.11. The van der Waals surface area contributed by atoms with E-state index in [2.05, 4.69) is 15.1 Å². The third-order valence-electron chi connectivity index (χ3n) is 3.87. The number of nitrogens with zero attached hydrogens (tertiary/aromatic N) is 2. The van der Waals surface area contributed by atoms with E-state index in [1.807, 2.05) is 0 Å². The van der Waals surface area contributed by atoms with Gasteiger partial charge in [0.2, 0.25) is 0 Å². The lowest BCUT2D eigenvalue weighted by Gasteiger charge is -2.20. The summed E-state index contributed by atoms with van der Waals surface area (Å²) in [6.45, 7) is 2.65. The molecule has 0 fully saturated rings. The molecule has 1 atom stereocenters. The van der Waals surface area contributed by atoms with Crippen LogP contribution >= 0.6 is 0 Å². The van der Waals surface area contributed by atoms with Crippen LogP contribution in [0.5, 0.6) is 0 Å². The zero-order valence-corrected chi connectivity index (χ0v) is 15.4. The lowest BCUT2D eigenvalue weighted by atomic mass is 9.92. The molecule has 2 N–H and O–H groups in total. The number of halogens is 3. The van der Waals surface area contributed by atoms with Gasteiger partial charge in [0, 0.05) is 28.5 Å². The molecule has 1 unspecified atom stereocenters. The molecule has 0 aromatic heterocycles. The Labute approximate surface area is 159 Å². The van der Waals surface area contributed by atoms with E-state index in [1.165, 1.54) is 25.5 Å². The Morgan fingerprint density at radius 3 is 2.46 bits per heavy atom. The molecule has 9 heteroatoms. The summed E-state index contributed by atoms with van der Waals surface area (Å²) in [5, 5.41) is 7.25. The second-order valence-corrected chi connectivity index (χ2v) is 5.62. The van der Waals surface area contributed by atoms with Crippen molar-refractivity contribution in [3.05, 3.63) is 70.0 Å². The van der Waals surface area contributed by atoms with Crippen molar-refractivity contribution in [2.75, 3.05) is 7.11 Å². The number of benzene rings is 2. The summed E-state index contributed by atoms with van der Waals surface area (Å²) in [6.07, 6.45) is -0.0269. The molecule has 0 saturated heterocycles. The third kappa shape index (κ3) is 4.13. The maximum Gasteiger partial charge on any atom is 0.271 e. The summed E-state index contributed by atoms with van der Waals surface area (Å²) < 4.78 is 42.5. The van der Waals surface area contributed by atoms with Crippen LogP contribution in [0.3, 0.4) is 0 Å². The molecule has 0 bridgehead atoms. The average Bonchev–Trinajstić information content (AvgIpc) is 2.68. The number of nitrogens with two attached hydrogens (primary N) is 1. The van der Waals surface area contributed by atoms with Crippen LogP contribution in [-0.2, 0) is 14.5 Å². The van der Waals surface area contributed by atoms with Gasteiger partial charge in [-0.25, -0.2) is 13.2 Å². The largest absolute Gasteiger partial charge is 0.398 e. The number of oxime groups is 2. The SMILES string of the molecule is CC=NOC(c1ccccc1C(=NOC)C(N)=O)c1cc(F)c(F)c(C)c1F. The van der Waals surface area contributed by atoms with Crippen molar-refractivity contribution < 1.29 is 27.6 Å². The number of hydrogen-bond acceptors (Lipinski definition) is 5. The second kappa shape index (κ2) is 9.03. The van der Waals surface area contributed by atoms with Crippen molar-refractivity contribution in [1.29, 1.82) is 0 Å². The normalized spacial score (nSPS) is 12.9. The second-order valence-electron chi connectivity index (χ2n) is 5.62. The Balaban J connectivity index is 2.77. The van der Waals surface area contributed by atoms with E-state index in [0.29, 0.717) is 6.07 Å². The number of hydrogen-bond donors (Lipinski definition) is 1. The molecule has 2 aromatic carbocycles. The predicted octanol–water partition coefficient (Wildman–Crippen LogP) is 3.36. The topological polar surface area (TPSA) is 86.3 Å². The van der Waals surface area contributed by atoms with Gasteiger partial charge in [-0.3, -0.25) is 4.79 Å². The molecule has 0 aliphatic heterocycles. The van der Waals surface area contributed by atoms with Crippen molar-refractivity contribution in [1.82, 2.24) is 0 Å². The monoisotopic (exact) mass is 393 g/mol.